The Morgan fingerprint density at radius 2 is 1.88 bits per heavy atom. The number of pyridine rings is 1. The molecule has 26 heavy (non-hydrogen) atoms. The molecule has 2 heterocycles. The average molecular weight is 366 g/mol. The number of rotatable bonds is 3. The van der Waals surface area contributed by atoms with Gasteiger partial charge >= 0.3 is 6.03 Å². The quantitative estimate of drug-likeness (QED) is 0.697. The molecule has 0 bridgehead atoms. The zero-order valence-electron chi connectivity index (χ0n) is 13.9. The lowest BCUT2D eigenvalue weighted by Gasteiger charge is -2.34. The highest BCUT2D eigenvalue weighted by Crippen LogP contribution is 2.29. The van der Waals surface area contributed by atoms with E-state index in [9.17, 15) is 9.59 Å². The van der Waals surface area contributed by atoms with E-state index in [1.165, 1.54) is 4.90 Å². The number of halogens is 1. The van der Waals surface area contributed by atoms with Gasteiger partial charge in [0.1, 0.15) is 0 Å². The second-order valence-corrected chi connectivity index (χ2v) is 6.63. The maximum absolute atomic E-state index is 13.0. The minimum Gasteiger partial charge on any atom is -0.319 e. The number of fused-ring (bicyclic) bond motifs is 1. The molecular weight excluding hydrogens is 350 g/mol. The van der Waals surface area contributed by atoms with Crippen LogP contribution in [0.25, 0.3) is 10.8 Å². The molecule has 6 heteroatoms. The molecule has 1 aromatic heterocycles. The van der Waals surface area contributed by atoms with Gasteiger partial charge in [-0.25, -0.2) is 9.69 Å². The van der Waals surface area contributed by atoms with Gasteiger partial charge in [0.25, 0.3) is 0 Å². The normalized spacial score (nSPS) is 15.0. The molecule has 0 N–H and O–H groups in total. The highest BCUT2D eigenvalue weighted by atomic mass is 35.5. The van der Waals surface area contributed by atoms with Gasteiger partial charge in [0, 0.05) is 41.5 Å². The number of anilines is 1. The minimum atomic E-state index is -0.334. The van der Waals surface area contributed by atoms with Crippen molar-refractivity contribution in [3.8, 4) is 0 Å². The van der Waals surface area contributed by atoms with Gasteiger partial charge in [0.15, 0.2) is 0 Å². The minimum absolute atomic E-state index is 0.213. The standard InChI is InChI=1S/C20H16ClN3O2/c21-16-6-3-4-14(10-16)13-23-9-8-19(25)24(20(23)26)18-12-22-11-15-5-1-2-7-17(15)18/h1-7,10-12H,8-9,13H2. The van der Waals surface area contributed by atoms with Crippen molar-refractivity contribution in [2.24, 2.45) is 0 Å². The summed E-state index contributed by atoms with van der Waals surface area (Å²) >= 11 is 6.04. The predicted octanol–water partition coefficient (Wildman–Crippen LogP) is 4.25. The van der Waals surface area contributed by atoms with E-state index in [2.05, 4.69) is 4.98 Å². The van der Waals surface area contributed by atoms with Crippen LogP contribution >= 0.6 is 11.6 Å². The third-order valence-electron chi connectivity index (χ3n) is 4.46. The van der Waals surface area contributed by atoms with Crippen LogP contribution in [-0.4, -0.2) is 28.4 Å². The van der Waals surface area contributed by atoms with Gasteiger partial charge in [0.05, 0.1) is 11.9 Å². The van der Waals surface area contributed by atoms with E-state index in [0.717, 1.165) is 16.3 Å². The Morgan fingerprint density at radius 1 is 1.04 bits per heavy atom. The summed E-state index contributed by atoms with van der Waals surface area (Å²) in [5.41, 5.74) is 1.45. The molecule has 3 amide bonds. The van der Waals surface area contributed by atoms with E-state index in [0.29, 0.717) is 23.8 Å². The predicted molar refractivity (Wildman–Crippen MR) is 101 cm³/mol. The Morgan fingerprint density at radius 3 is 2.73 bits per heavy atom. The average Bonchev–Trinajstić information content (AvgIpc) is 2.64. The fourth-order valence-electron chi connectivity index (χ4n) is 3.20. The van der Waals surface area contributed by atoms with Crippen molar-refractivity contribution in [2.45, 2.75) is 13.0 Å². The van der Waals surface area contributed by atoms with E-state index in [1.54, 1.807) is 23.4 Å². The fraction of sp³-hybridized carbons (Fsp3) is 0.150. The van der Waals surface area contributed by atoms with Crippen LogP contribution in [0.2, 0.25) is 5.02 Å². The monoisotopic (exact) mass is 365 g/mol. The molecule has 0 atom stereocenters. The first-order valence-electron chi connectivity index (χ1n) is 8.32. The number of carbonyl (C=O) groups is 2. The zero-order chi connectivity index (χ0) is 18.1. The molecule has 4 rings (SSSR count). The van der Waals surface area contributed by atoms with Crippen molar-refractivity contribution >= 4 is 40.0 Å². The van der Waals surface area contributed by atoms with Crippen molar-refractivity contribution in [2.75, 3.05) is 11.4 Å². The van der Waals surface area contributed by atoms with Gasteiger partial charge in [-0.05, 0) is 17.7 Å². The molecule has 1 aliphatic heterocycles. The number of aromatic nitrogens is 1. The molecule has 2 aromatic carbocycles. The summed E-state index contributed by atoms with van der Waals surface area (Å²) in [4.78, 5) is 32.7. The molecular formula is C20H16ClN3O2. The lowest BCUT2D eigenvalue weighted by molar-refractivity contribution is -0.119. The first-order chi connectivity index (χ1) is 12.6. The summed E-state index contributed by atoms with van der Waals surface area (Å²) < 4.78 is 0. The van der Waals surface area contributed by atoms with Crippen molar-refractivity contribution in [3.05, 3.63) is 71.5 Å². The van der Waals surface area contributed by atoms with Crippen LogP contribution in [0.3, 0.4) is 0 Å². The molecule has 1 saturated heterocycles. The van der Waals surface area contributed by atoms with E-state index in [-0.39, 0.29) is 18.4 Å². The second-order valence-electron chi connectivity index (χ2n) is 6.19. The highest BCUT2D eigenvalue weighted by molar-refractivity contribution is 6.30. The topological polar surface area (TPSA) is 53.5 Å². The van der Waals surface area contributed by atoms with E-state index >= 15 is 0 Å². The number of imide groups is 1. The van der Waals surface area contributed by atoms with Crippen LogP contribution in [0.1, 0.15) is 12.0 Å². The SMILES string of the molecule is O=C1CCN(Cc2cccc(Cl)c2)C(=O)N1c1cncc2ccccc12. The van der Waals surface area contributed by atoms with Gasteiger partial charge in [-0.1, -0.05) is 48.0 Å². The number of urea groups is 1. The molecule has 0 unspecified atom stereocenters. The Labute approximate surface area is 155 Å². The second kappa shape index (κ2) is 6.77. The van der Waals surface area contributed by atoms with Gasteiger partial charge in [-0.2, -0.15) is 0 Å². The lowest BCUT2D eigenvalue weighted by atomic mass is 10.1. The largest absolute Gasteiger partial charge is 0.331 e. The Kier molecular flexibility index (Phi) is 4.31. The first kappa shape index (κ1) is 16.5. The molecule has 1 fully saturated rings. The van der Waals surface area contributed by atoms with Gasteiger partial charge < -0.3 is 4.90 Å². The van der Waals surface area contributed by atoms with Crippen molar-refractivity contribution in [1.29, 1.82) is 0 Å². The molecule has 0 radical (unpaired) electrons. The van der Waals surface area contributed by atoms with E-state index in [4.69, 9.17) is 11.6 Å². The number of amides is 3. The smallest absolute Gasteiger partial charge is 0.319 e. The van der Waals surface area contributed by atoms with Crippen molar-refractivity contribution < 1.29 is 9.59 Å². The summed E-state index contributed by atoms with van der Waals surface area (Å²) in [5, 5.41) is 2.34. The van der Waals surface area contributed by atoms with Crippen LogP contribution in [0, 0.1) is 0 Å². The summed E-state index contributed by atoms with van der Waals surface area (Å²) in [6.45, 7) is 0.792. The maximum atomic E-state index is 13.0. The first-order valence-corrected chi connectivity index (χ1v) is 8.70. The van der Waals surface area contributed by atoms with Crippen LogP contribution in [0.5, 0.6) is 0 Å². The van der Waals surface area contributed by atoms with Crippen LogP contribution < -0.4 is 4.90 Å². The van der Waals surface area contributed by atoms with Crippen LogP contribution in [0.4, 0.5) is 10.5 Å². The van der Waals surface area contributed by atoms with Crippen LogP contribution in [0.15, 0.2) is 60.9 Å². The molecule has 0 saturated carbocycles. The Bertz CT molecular complexity index is 1000. The number of hydrogen-bond acceptors (Lipinski definition) is 3. The van der Waals surface area contributed by atoms with Crippen LogP contribution in [-0.2, 0) is 11.3 Å². The number of nitrogens with zero attached hydrogens (tertiary/aromatic N) is 3. The molecule has 0 spiro atoms. The molecule has 3 aromatic rings. The van der Waals surface area contributed by atoms with Gasteiger partial charge in [0.2, 0.25) is 5.91 Å². The molecule has 130 valence electrons. The summed E-state index contributed by atoms with van der Waals surface area (Å²) in [6, 6.07) is 14.6. The number of carbonyl (C=O) groups excluding carboxylic acids is 2. The van der Waals surface area contributed by atoms with Crippen molar-refractivity contribution in [1.82, 2.24) is 9.88 Å². The molecule has 0 aliphatic carbocycles. The summed E-state index contributed by atoms with van der Waals surface area (Å²) in [7, 11) is 0. The summed E-state index contributed by atoms with van der Waals surface area (Å²) in [5.74, 6) is -0.213. The van der Waals surface area contributed by atoms with E-state index < -0.39 is 0 Å². The zero-order valence-corrected chi connectivity index (χ0v) is 14.7. The third-order valence-corrected chi connectivity index (χ3v) is 4.69. The Balaban J connectivity index is 1.69. The molecule has 5 nitrogen and oxygen atoms in total. The Hall–Kier alpha value is -2.92. The number of benzene rings is 2. The maximum Gasteiger partial charge on any atom is 0.331 e. The highest BCUT2D eigenvalue weighted by Gasteiger charge is 2.34. The van der Waals surface area contributed by atoms with E-state index in [1.807, 2.05) is 42.5 Å². The third kappa shape index (κ3) is 3.02. The molecule has 1 aliphatic rings. The van der Waals surface area contributed by atoms with Gasteiger partial charge in [-0.15, -0.1) is 0 Å². The fourth-order valence-corrected chi connectivity index (χ4v) is 3.42. The summed E-state index contributed by atoms with van der Waals surface area (Å²) in [6.07, 6.45) is 3.57. The van der Waals surface area contributed by atoms with Gasteiger partial charge in [-0.3, -0.25) is 9.78 Å². The lowest BCUT2D eigenvalue weighted by Crippen LogP contribution is -2.52. The van der Waals surface area contributed by atoms with Crippen molar-refractivity contribution in [3.63, 3.8) is 0 Å². The number of hydrogen-bond donors (Lipinski definition) is 0.